The van der Waals surface area contributed by atoms with Gasteiger partial charge in [-0.1, -0.05) is 6.07 Å². The number of carbonyl (C=O) groups excluding carboxylic acids is 1. The van der Waals surface area contributed by atoms with Gasteiger partial charge in [0.25, 0.3) is 0 Å². The molecule has 16 heavy (non-hydrogen) atoms. The Hall–Kier alpha value is -1.75. The summed E-state index contributed by atoms with van der Waals surface area (Å²) < 4.78 is 30.1. The van der Waals surface area contributed by atoms with Crippen LogP contribution in [-0.4, -0.2) is 31.3 Å². The maximum atomic E-state index is 11.2. The summed E-state index contributed by atoms with van der Waals surface area (Å²) in [5.74, 6) is -1.06. The lowest BCUT2D eigenvalue weighted by Crippen LogP contribution is -2.33. The van der Waals surface area contributed by atoms with Crippen molar-refractivity contribution in [3.05, 3.63) is 23.8 Å². The van der Waals surface area contributed by atoms with Gasteiger partial charge < -0.3 is 20.3 Å². The molecule has 0 bridgehead atoms. The molecule has 1 aromatic rings. The Morgan fingerprint density at radius 2 is 2.44 bits per heavy atom. The van der Waals surface area contributed by atoms with Crippen LogP contribution in [0.15, 0.2) is 18.2 Å². The number of rotatable bonds is 4. The van der Waals surface area contributed by atoms with Crippen LogP contribution in [-0.2, 0) is 16.0 Å². The first-order valence-corrected chi connectivity index (χ1v) is 4.57. The van der Waals surface area contributed by atoms with Gasteiger partial charge >= 0.3 is 5.97 Å². The molecule has 0 radical (unpaired) electrons. The standard InChI is InChI=1S/C11H15NO4/c1-15-10-6-7(3-4-9(10)13)5-8(12)11(14)16-2/h3-4,6,8,13H,5,12H2,1-2H3/t8-/m0/s1/i1D3. The van der Waals surface area contributed by atoms with Gasteiger partial charge in [-0.25, -0.2) is 0 Å². The van der Waals surface area contributed by atoms with Crippen LogP contribution in [0.25, 0.3) is 0 Å². The minimum absolute atomic E-state index is 0.143. The summed E-state index contributed by atoms with van der Waals surface area (Å²) in [5.41, 5.74) is 6.14. The number of nitrogens with two attached hydrogens (primary N) is 1. The fraction of sp³-hybridized carbons (Fsp3) is 0.364. The highest BCUT2D eigenvalue weighted by molar-refractivity contribution is 5.75. The first kappa shape index (κ1) is 8.41. The lowest BCUT2D eigenvalue weighted by atomic mass is 10.1. The van der Waals surface area contributed by atoms with Crippen LogP contribution in [0.1, 0.15) is 9.68 Å². The Bertz CT molecular complexity index is 462. The third kappa shape index (κ3) is 2.87. The first-order chi connectivity index (χ1) is 8.73. The van der Waals surface area contributed by atoms with Crippen molar-refractivity contribution in [1.29, 1.82) is 0 Å². The van der Waals surface area contributed by atoms with Crippen LogP contribution >= 0.6 is 0 Å². The number of ether oxygens (including phenoxy) is 2. The third-order valence-electron chi connectivity index (χ3n) is 2.09. The van der Waals surface area contributed by atoms with Crippen LogP contribution in [0.5, 0.6) is 11.5 Å². The summed E-state index contributed by atoms with van der Waals surface area (Å²) >= 11 is 0. The van der Waals surface area contributed by atoms with Crippen LogP contribution in [0.2, 0.25) is 0 Å². The zero-order valence-corrected chi connectivity index (χ0v) is 8.77. The van der Waals surface area contributed by atoms with Crippen molar-refractivity contribution in [1.82, 2.24) is 0 Å². The number of hydrogen-bond donors (Lipinski definition) is 2. The van der Waals surface area contributed by atoms with E-state index in [1.54, 1.807) is 0 Å². The minimum Gasteiger partial charge on any atom is -0.504 e. The van der Waals surface area contributed by atoms with Crippen LogP contribution in [0.3, 0.4) is 0 Å². The fourth-order valence-corrected chi connectivity index (χ4v) is 1.26. The zero-order chi connectivity index (χ0) is 14.6. The van der Waals surface area contributed by atoms with E-state index in [9.17, 15) is 9.90 Å². The first-order valence-electron chi connectivity index (χ1n) is 6.07. The molecule has 0 aromatic heterocycles. The molecule has 1 atom stereocenters. The Kier molecular flexibility index (Phi) is 2.82. The molecule has 0 heterocycles. The van der Waals surface area contributed by atoms with Crippen molar-refractivity contribution in [2.24, 2.45) is 5.73 Å². The van der Waals surface area contributed by atoms with Gasteiger partial charge in [-0.15, -0.1) is 0 Å². The van der Waals surface area contributed by atoms with E-state index in [1.807, 2.05) is 0 Å². The number of esters is 1. The molecule has 0 aliphatic rings. The van der Waals surface area contributed by atoms with Gasteiger partial charge in [0.15, 0.2) is 11.5 Å². The monoisotopic (exact) mass is 228 g/mol. The number of benzene rings is 1. The number of aromatic hydroxyl groups is 1. The second-order valence-corrected chi connectivity index (χ2v) is 3.24. The summed E-state index contributed by atoms with van der Waals surface area (Å²) in [6.45, 7) is 0. The summed E-state index contributed by atoms with van der Waals surface area (Å²) in [6.07, 6.45) is 0.143. The van der Waals surface area contributed by atoms with Gasteiger partial charge in [0.05, 0.1) is 18.3 Å². The van der Waals surface area contributed by atoms with E-state index in [4.69, 9.17) is 9.85 Å². The predicted molar refractivity (Wildman–Crippen MR) is 58.4 cm³/mol. The quantitative estimate of drug-likeness (QED) is 0.731. The lowest BCUT2D eigenvalue weighted by molar-refractivity contribution is -0.142. The van der Waals surface area contributed by atoms with Crippen molar-refractivity contribution >= 4 is 5.97 Å². The Labute approximate surface area is 98.0 Å². The van der Waals surface area contributed by atoms with E-state index in [0.29, 0.717) is 5.56 Å². The topological polar surface area (TPSA) is 81.8 Å². The van der Waals surface area contributed by atoms with Gasteiger partial charge in [-0.3, -0.25) is 4.79 Å². The highest BCUT2D eigenvalue weighted by Crippen LogP contribution is 2.26. The average Bonchev–Trinajstić information content (AvgIpc) is 2.30. The third-order valence-corrected chi connectivity index (χ3v) is 2.09. The van der Waals surface area contributed by atoms with Gasteiger partial charge in [0.1, 0.15) is 6.04 Å². The molecule has 3 N–H and O–H groups in total. The van der Waals surface area contributed by atoms with E-state index in [1.165, 1.54) is 25.3 Å². The van der Waals surface area contributed by atoms with Crippen molar-refractivity contribution in [2.45, 2.75) is 12.5 Å². The van der Waals surface area contributed by atoms with Crippen LogP contribution in [0.4, 0.5) is 0 Å². The Balaban J connectivity index is 2.87. The summed E-state index contributed by atoms with van der Waals surface area (Å²) in [7, 11) is -1.44. The second kappa shape index (κ2) is 5.37. The van der Waals surface area contributed by atoms with E-state index in [0.717, 1.165) is 0 Å². The smallest absolute Gasteiger partial charge is 0.322 e. The molecular weight excluding hydrogens is 210 g/mol. The number of phenolic OH excluding ortho intramolecular Hbond substituents is 1. The normalized spacial score (nSPS) is 15.5. The highest BCUT2D eigenvalue weighted by Gasteiger charge is 2.15. The van der Waals surface area contributed by atoms with Crippen molar-refractivity contribution in [2.75, 3.05) is 14.1 Å². The molecule has 0 unspecified atom stereocenters. The molecule has 0 aliphatic carbocycles. The highest BCUT2D eigenvalue weighted by atomic mass is 16.5. The maximum absolute atomic E-state index is 11.2. The minimum atomic E-state index is -2.67. The molecule has 88 valence electrons. The summed E-state index contributed by atoms with van der Waals surface area (Å²) in [6, 6.07) is 3.25. The molecule has 0 fully saturated rings. The SMILES string of the molecule is [2H]C([2H])([2H])Oc1cc(C[C@H](N)C(=O)OC)ccc1O. The summed E-state index contributed by atoms with van der Waals surface area (Å²) in [4.78, 5) is 11.2. The average molecular weight is 228 g/mol. The van der Waals surface area contributed by atoms with Gasteiger partial charge in [0, 0.05) is 0 Å². The number of hydrogen-bond acceptors (Lipinski definition) is 5. The lowest BCUT2D eigenvalue weighted by Gasteiger charge is -2.10. The van der Waals surface area contributed by atoms with Gasteiger partial charge in [0.2, 0.25) is 0 Å². The van der Waals surface area contributed by atoms with Crippen molar-refractivity contribution < 1.29 is 23.5 Å². The summed E-state index contributed by atoms with van der Waals surface area (Å²) in [5, 5.41) is 9.49. The van der Waals surface area contributed by atoms with E-state index in [-0.39, 0.29) is 17.9 Å². The molecule has 5 heteroatoms. The second-order valence-electron chi connectivity index (χ2n) is 3.24. The Morgan fingerprint density at radius 1 is 1.69 bits per heavy atom. The zero-order valence-electron chi connectivity index (χ0n) is 11.8. The molecular formula is C11H15NO4. The van der Waals surface area contributed by atoms with E-state index in [2.05, 4.69) is 9.47 Å². The predicted octanol–water partition coefficient (Wildman–Crippen LogP) is 0.444. The molecule has 5 nitrogen and oxygen atoms in total. The van der Waals surface area contributed by atoms with Gasteiger partial charge in [-0.2, -0.15) is 0 Å². The molecule has 0 spiro atoms. The molecule has 1 rings (SSSR count). The van der Waals surface area contributed by atoms with Gasteiger partial charge in [-0.05, 0) is 24.1 Å². The van der Waals surface area contributed by atoms with E-state index >= 15 is 0 Å². The molecule has 0 amide bonds. The number of carbonyl (C=O) groups is 1. The largest absolute Gasteiger partial charge is 0.504 e. The van der Waals surface area contributed by atoms with Crippen LogP contribution in [0, 0.1) is 0 Å². The van der Waals surface area contributed by atoms with Crippen LogP contribution < -0.4 is 10.5 Å². The molecule has 0 saturated carbocycles. The molecule has 0 aliphatic heterocycles. The molecule has 1 aromatic carbocycles. The van der Waals surface area contributed by atoms with Crippen molar-refractivity contribution in [3.63, 3.8) is 0 Å². The van der Waals surface area contributed by atoms with E-state index < -0.39 is 19.0 Å². The Morgan fingerprint density at radius 3 is 3.06 bits per heavy atom. The number of methoxy groups -OCH3 is 2. The molecule has 0 saturated heterocycles. The number of phenols is 1. The van der Waals surface area contributed by atoms with Crippen molar-refractivity contribution in [3.8, 4) is 11.5 Å². The maximum Gasteiger partial charge on any atom is 0.322 e. The fourth-order valence-electron chi connectivity index (χ4n) is 1.26.